The predicted octanol–water partition coefficient (Wildman–Crippen LogP) is 3.63. The van der Waals surface area contributed by atoms with E-state index < -0.39 is 10.0 Å². The first-order valence-electron chi connectivity index (χ1n) is 8.06. The zero-order valence-electron chi connectivity index (χ0n) is 14.7. The number of sulfonamides is 1. The Morgan fingerprint density at radius 3 is 2.73 bits per heavy atom. The van der Waals surface area contributed by atoms with Gasteiger partial charge in [-0.3, -0.25) is 9.52 Å². The van der Waals surface area contributed by atoms with Crippen LogP contribution in [0.25, 0.3) is 0 Å². The molecule has 1 heterocycles. The van der Waals surface area contributed by atoms with Gasteiger partial charge >= 0.3 is 0 Å². The molecule has 1 aliphatic rings. The highest BCUT2D eigenvalue weighted by atomic mass is 32.2. The van der Waals surface area contributed by atoms with Crippen LogP contribution in [0.5, 0.6) is 5.75 Å². The lowest BCUT2D eigenvalue weighted by molar-refractivity contribution is -0.116. The van der Waals surface area contributed by atoms with Crippen LogP contribution in [0.4, 0.5) is 11.4 Å². The molecule has 0 radical (unpaired) electrons. The second-order valence-electron chi connectivity index (χ2n) is 6.15. The van der Waals surface area contributed by atoms with E-state index in [1.807, 2.05) is 19.9 Å². The van der Waals surface area contributed by atoms with Gasteiger partial charge in [-0.1, -0.05) is 13.0 Å². The van der Waals surface area contributed by atoms with Gasteiger partial charge in [-0.15, -0.1) is 11.8 Å². The van der Waals surface area contributed by atoms with Crippen molar-refractivity contribution in [2.45, 2.75) is 35.3 Å². The number of hydrogen-bond donors (Lipinski definition) is 2. The largest absolute Gasteiger partial charge is 0.495 e. The highest BCUT2D eigenvalue weighted by molar-refractivity contribution is 8.00. The Hall–Kier alpha value is -2.19. The fourth-order valence-corrected chi connectivity index (χ4v) is 4.84. The van der Waals surface area contributed by atoms with Crippen molar-refractivity contribution < 1.29 is 17.9 Å². The van der Waals surface area contributed by atoms with Gasteiger partial charge in [-0.25, -0.2) is 8.42 Å². The number of hydrogen-bond acceptors (Lipinski definition) is 5. The summed E-state index contributed by atoms with van der Waals surface area (Å²) in [6.45, 7) is 3.84. The molecule has 138 valence electrons. The molecule has 2 N–H and O–H groups in total. The molecule has 8 heteroatoms. The predicted molar refractivity (Wildman–Crippen MR) is 104 cm³/mol. The normalized spacial score (nSPS) is 17.0. The second kappa shape index (κ2) is 7.20. The van der Waals surface area contributed by atoms with E-state index in [2.05, 4.69) is 10.0 Å². The molecule has 0 spiro atoms. The van der Waals surface area contributed by atoms with Crippen LogP contribution in [0.15, 0.2) is 46.2 Å². The number of benzene rings is 2. The van der Waals surface area contributed by atoms with Crippen LogP contribution < -0.4 is 14.8 Å². The van der Waals surface area contributed by atoms with Crippen LogP contribution in [-0.4, -0.2) is 26.7 Å². The fraction of sp³-hybridized carbons (Fsp3) is 0.278. The zero-order chi connectivity index (χ0) is 18.9. The molecule has 0 saturated carbocycles. The molecule has 1 amide bonds. The van der Waals surface area contributed by atoms with Gasteiger partial charge in [0.1, 0.15) is 5.75 Å². The summed E-state index contributed by atoms with van der Waals surface area (Å²) in [6.07, 6.45) is 0.389. The molecule has 26 heavy (non-hydrogen) atoms. The number of rotatable bonds is 4. The van der Waals surface area contributed by atoms with Crippen LogP contribution in [0.1, 0.15) is 18.9 Å². The average molecular weight is 393 g/mol. The number of carbonyl (C=O) groups is 1. The number of nitrogens with one attached hydrogen (secondary N) is 2. The Morgan fingerprint density at radius 2 is 2.00 bits per heavy atom. The molecule has 2 aromatic carbocycles. The molecule has 1 aliphatic heterocycles. The average Bonchev–Trinajstić information content (AvgIpc) is 2.70. The summed E-state index contributed by atoms with van der Waals surface area (Å²) in [7, 11) is -2.34. The first kappa shape index (κ1) is 18.6. The molecule has 0 saturated heterocycles. The minimum absolute atomic E-state index is 0.0789. The molecule has 0 aromatic heterocycles. The highest BCUT2D eigenvalue weighted by Crippen LogP contribution is 2.37. The van der Waals surface area contributed by atoms with Crippen molar-refractivity contribution in [2.24, 2.45) is 0 Å². The Bertz CT molecular complexity index is 958. The van der Waals surface area contributed by atoms with Crippen LogP contribution in [0, 0.1) is 6.92 Å². The standard InChI is InChI=1S/C18H20N2O4S2/c1-11-4-6-16(24-3)14(8-11)20-26(22,23)13-5-7-17-15(10-13)19-18(21)9-12(2)25-17/h4-8,10,12,20H,9H2,1-3H3,(H,19,21). The zero-order valence-corrected chi connectivity index (χ0v) is 16.3. The Labute approximate surface area is 157 Å². The summed E-state index contributed by atoms with van der Waals surface area (Å²) in [4.78, 5) is 12.9. The number of thioether (sulfide) groups is 1. The number of anilines is 2. The molecule has 0 bridgehead atoms. The van der Waals surface area contributed by atoms with E-state index >= 15 is 0 Å². The quantitative estimate of drug-likeness (QED) is 0.830. The summed E-state index contributed by atoms with van der Waals surface area (Å²) < 4.78 is 33.4. The molecular weight excluding hydrogens is 372 g/mol. The van der Waals surface area contributed by atoms with Crippen molar-refractivity contribution in [1.82, 2.24) is 0 Å². The van der Waals surface area contributed by atoms with Crippen molar-refractivity contribution in [3.63, 3.8) is 0 Å². The van der Waals surface area contributed by atoms with Crippen molar-refractivity contribution in [3.8, 4) is 5.75 Å². The summed E-state index contributed by atoms with van der Waals surface area (Å²) in [5, 5.41) is 2.92. The Morgan fingerprint density at radius 1 is 1.23 bits per heavy atom. The first-order chi connectivity index (χ1) is 12.3. The molecule has 1 atom stereocenters. The minimum atomic E-state index is -3.83. The number of aryl methyl sites for hydroxylation is 1. The minimum Gasteiger partial charge on any atom is -0.495 e. The number of methoxy groups -OCH3 is 1. The van der Waals surface area contributed by atoms with Crippen LogP contribution >= 0.6 is 11.8 Å². The maximum atomic E-state index is 12.8. The first-order valence-corrected chi connectivity index (χ1v) is 10.4. The fourth-order valence-electron chi connectivity index (χ4n) is 2.70. The van der Waals surface area contributed by atoms with E-state index in [9.17, 15) is 13.2 Å². The molecule has 0 fully saturated rings. The van der Waals surface area contributed by atoms with Gasteiger partial charge in [0.2, 0.25) is 5.91 Å². The maximum Gasteiger partial charge on any atom is 0.262 e. The van der Waals surface area contributed by atoms with Crippen molar-refractivity contribution in [1.29, 1.82) is 0 Å². The molecule has 6 nitrogen and oxygen atoms in total. The summed E-state index contributed by atoms with van der Waals surface area (Å²) in [6, 6.07) is 10.0. The molecular formula is C18H20N2O4S2. The topological polar surface area (TPSA) is 84.5 Å². The van der Waals surface area contributed by atoms with Gasteiger partial charge < -0.3 is 10.1 Å². The lowest BCUT2D eigenvalue weighted by Crippen LogP contribution is -2.15. The SMILES string of the molecule is COc1ccc(C)cc1NS(=O)(=O)c1ccc2c(c1)NC(=O)CC(C)S2. The van der Waals surface area contributed by atoms with E-state index in [0.29, 0.717) is 23.5 Å². The molecule has 0 aliphatic carbocycles. The van der Waals surface area contributed by atoms with Crippen molar-refractivity contribution in [2.75, 3.05) is 17.1 Å². The van der Waals surface area contributed by atoms with Crippen LogP contribution in [-0.2, 0) is 14.8 Å². The van der Waals surface area contributed by atoms with Gasteiger partial charge in [0.15, 0.2) is 0 Å². The summed E-state index contributed by atoms with van der Waals surface area (Å²) >= 11 is 1.55. The maximum absolute atomic E-state index is 12.8. The highest BCUT2D eigenvalue weighted by Gasteiger charge is 2.23. The van der Waals surface area contributed by atoms with Gasteiger partial charge in [0.05, 0.1) is 23.4 Å². The number of amides is 1. The monoisotopic (exact) mass is 392 g/mol. The van der Waals surface area contributed by atoms with Crippen LogP contribution in [0.3, 0.4) is 0 Å². The third kappa shape index (κ3) is 3.96. The van der Waals surface area contributed by atoms with E-state index in [4.69, 9.17) is 4.74 Å². The lowest BCUT2D eigenvalue weighted by atomic mass is 10.2. The van der Waals surface area contributed by atoms with Gasteiger partial charge in [0.25, 0.3) is 10.0 Å². The van der Waals surface area contributed by atoms with Gasteiger partial charge in [0, 0.05) is 16.6 Å². The third-order valence-corrected chi connectivity index (χ3v) is 6.48. The molecule has 1 unspecified atom stereocenters. The van der Waals surface area contributed by atoms with Gasteiger partial charge in [-0.05, 0) is 42.8 Å². The Balaban J connectivity index is 1.96. The number of carbonyl (C=O) groups excluding carboxylic acids is 1. The molecule has 2 aromatic rings. The van der Waals surface area contributed by atoms with E-state index in [1.165, 1.54) is 13.2 Å². The van der Waals surface area contributed by atoms with Crippen molar-refractivity contribution in [3.05, 3.63) is 42.0 Å². The molecule has 3 rings (SSSR count). The van der Waals surface area contributed by atoms with E-state index in [-0.39, 0.29) is 16.1 Å². The van der Waals surface area contributed by atoms with Crippen molar-refractivity contribution >= 4 is 39.1 Å². The van der Waals surface area contributed by atoms with E-state index in [0.717, 1.165) is 10.5 Å². The third-order valence-electron chi connectivity index (χ3n) is 3.94. The smallest absolute Gasteiger partial charge is 0.262 e. The van der Waals surface area contributed by atoms with E-state index in [1.54, 1.807) is 36.0 Å². The van der Waals surface area contributed by atoms with Crippen LogP contribution in [0.2, 0.25) is 0 Å². The lowest BCUT2D eigenvalue weighted by Gasteiger charge is -2.14. The number of ether oxygens (including phenoxy) is 1. The summed E-state index contributed by atoms with van der Waals surface area (Å²) in [5.74, 6) is 0.318. The second-order valence-corrected chi connectivity index (χ2v) is 9.31. The van der Waals surface area contributed by atoms with Gasteiger partial charge in [-0.2, -0.15) is 0 Å². The summed E-state index contributed by atoms with van der Waals surface area (Å²) in [5.41, 5.74) is 1.79. The number of fused-ring (bicyclic) bond motifs is 1. The Kier molecular flexibility index (Phi) is 5.15.